The van der Waals surface area contributed by atoms with E-state index in [1.54, 1.807) is 6.33 Å². The summed E-state index contributed by atoms with van der Waals surface area (Å²) in [6.45, 7) is 7.70. The van der Waals surface area contributed by atoms with Gasteiger partial charge in [0.2, 0.25) is 0 Å². The lowest BCUT2D eigenvalue weighted by molar-refractivity contribution is 0.327. The average Bonchev–Trinajstić information content (AvgIpc) is 2.60. The molecule has 1 aliphatic rings. The molecule has 0 aliphatic carbocycles. The Kier molecular flexibility index (Phi) is 4.58. The van der Waals surface area contributed by atoms with Crippen molar-refractivity contribution in [3.8, 4) is 0 Å². The molecular weight excluding hydrogens is 238 g/mol. The molecule has 1 N–H and O–H groups in total. The Hall–Kier alpha value is -1.36. The SMILES string of the molecule is CCC1CN(C)CCCN1c1ncnc(NC)c1C. The van der Waals surface area contributed by atoms with E-state index in [2.05, 4.69) is 46.0 Å². The van der Waals surface area contributed by atoms with Crippen LogP contribution in [0.2, 0.25) is 0 Å². The molecule has 1 aromatic heterocycles. The number of hydrogen-bond donors (Lipinski definition) is 1. The van der Waals surface area contributed by atoms with Crippen molar-refractivity contribution < 1.29 is 0 Å². The standard InChI is InChI=1S/C14H25N5/c1-5-12-9-18(4)7-6-8-19(12)14-11(2)13(15-3)16-10-17-14/h10,12H,5-9H2,1-4H3,(H,15,16,17). The van der Waals surface area contributed by atoms with Crippen molar-refractivity contribution in [2.75, 3.05) is 43.9 Å². The quantitative estimate of drug-likeness (QED) is 0.900. The lowest BCUT2D eigenvalue weighted by Gasteiger charge is -2.32. The minimum atomic E-state index is 0.533. The number of nitrogens with zero attached hydrogens (tertiary/aromatic N) is 4. The highest BCUT2D eigenvalue weighted by Gasteiger charge is 2.24. The molecule has 0 spiro atoms. The van der Waals surface area contributed by atoms with Gasteiger partial charge >= 0.3 is 0 Å². The number of hydrogen-bond acceptors (Lipinski definition) is 5. The minimum Gasteiger partial charge on any atom is -0.373 e. The molecule has 106 valence electrons. The predicted octanol–water partition coefficient (Wildman–Crippen LogP) is 1.75. The lowest BCUT2D eigenvalue weighted by atomic mass is 10.1. The van der Waals surface area contributed by atoms with Crippen LogP contribution in [0.3, 0.4) is 0 Å². The number of aromatic nitrogens is 2. The van der Waals surface area contributed by atoms with E-state index in [1.807, 2.05) is 7.05 Å². The van der Waals surface area contributed by atoms with E-state index < -0.39 is 0 Å². The molecule has 1 aliphatic heterocycles. The smallest absolute Gasteiger partial charge is 0.137 e. The Bertz CT molecular complexity index is 420. The van der Waals surface area contributed by atoms with Crippen LogP contribution < -0.4 is 10.2 Å². The Morgan fingerprint density at radius 2 is 2.16 bits per heavy atom. The van der Waals surface area contributed by atoms with Crippen molar-refractivity contribution in [3.63, 3.8) is 0 Å². The number of likely N-dealkylation sites (N-methyl/N-ethyl adjacent to an activating group) is 1. The summed E-state index contributed by atoms with van der Waals surface area (Å²) in [5.74, 6) is 2.01. The van der Waals surface area contributed by atoms with Crippen LogP contribution in [0.4, 0.5) is 11.6 Å². The molecule has 0 saturated carbocycles. The largest absolute Gasteiger partial charge is 0.373 e. The van der Waals surface area contributed by atoms with Crippen LogP contribution in [0.15, 0.2) is 6.33 Å². The summed E-state index contributed by atoms with van der Waals surface area (Å²) in [6, 6.07) is 0.533. The maximum atomic E-state index is 4.53. The van der Waals surface area contributed by atoms with Gasteiger partial charge in [-0.15, -0.1) is 0 Å². The molecule has 0 radical (unpaired) electrons. The molecule has 19 heavy (non-hydrogen) atoms. The third-order valence-electron chi connectivity index (χ3n) is 3.94. The van der Waals surface area contributed by atoms with E-state index >= 15 is 0 Å². The monoisotopic (exact) mass is 263 g/mol. The second kappa shape index (κ2) is 6.19. The van der Waals surface area contributed by atoms with Crippen LogP contribution in [0.5, 0.6) is 0 Å². The van der Waals surface area contributed by atoms with Crippen molar-refractivity contribution in [1.82, 2.24) is 14.9 Å². The first-order chi connectivity index (χ1) is 9.17. The lowest BCUT2D eigenvalue weighted by Crippen LogP contribution is -2.40. The zero-order valence-electron chi connectivity index (χ0n) is 12.5. The average molecular weight is 263 g/mol. The van der Waals surface area contributed by atoms with Gasteiger partial charge in [0.25, 0.3) is 0 Å². The van der Waals surface area contributed by atoms with E-state index in [4.69, 9.17) is 0 Å². The van der Waals surface area contributed by atoms with Gasteiger partial charge in [-0.1, -0.05) is 6.92 Å². The first-order valence-electron chi connectivity index (χ1n) is 7.11. The van der Waals surface area contributed by atoms with Gasteiger partial charge < -0.3 is 15.1 Å². The van der Waals surface area contributed by atoms with Crippen molar-refractivity contribution in [2.45, 2.75) is 32.7 Å². The van der Waals surface area contributed by atoms with Crippen LogP contribution >= 0.6 is 0 Å². The fraction of sp³-hybridized carbons (Fsp3) is 0.714. The topological polar surface area (TPSA) is 44.3 Å². The Balaban J connectivity index is 2.32. The van der Waals surface area contributed by atoms with Crippen molar-refractivity contribution in [3.05, 3.63) is 11.9 Å². The molecule has 5 nitrogen and oxygen atoms in total. The first kappa shape index (κ1) is 14.1. The van der Waals surface area contributed by atoms with Gasteiger partial charge in [-0.05, 0) is 33.4 Å². The van der Waals surface area contributed by atoms with Crippen LogP contribution in [0, 0.1) is 6.92 Å². The van der Waals surface area contributed by atoms with Gasteiger partial charge in [0.05, 0.1) is 0 Å². The highest BCUT2D eigenvalue weighted by Crippen LogP contribution is 2.26. The highest BCUT2D eigenvalue weighted by molar-refractivity contribution is 5.58. The number of rotatable bonds is 3. The fourth-order valence-corrected chi connectivity index (χ4v) is 2.85. The summed E-state index contributed by atoms with van der Waals surface area (Å²) in [5, 5.41) is 3.14. The van der Waals surface area contributed by atoms with Crippen molar-refractivity contribution in [2.24, 2.45) is 0 Å². The summed E-state index contributed by atoms with van der Waals surface area (Å²) in [7, 11) is 4.12. The Labute approximate surface area is 116 Å². The van der Waals surface area contributed by atoms with Gasteiger partial charge in [0, 0.05) is 31.7 Å². The van der Waals surface area contributed by atoms with E-state index in [0.717, 1.165) is 43.3 Å². The molecule has 1 saturated heterocycles. The predicted molar refractivity (Wildman–Crippen MR) is 79.9 cm³/mol. The summed E-state index contributed by atoms with van der Waals surface area (Å²) in [6.07, 6.45) is 3.99. The third kappa shape index (κ3) is 2.97. The van der Waals surface area contributed by atoms with E-state index in [1.165, 1.54) is 6.42 Å². The molecule has 5 heteroatoms. The molecule has 0 amide bonds. The Morgan fingerprint density at radius 1 is 1.37 bits per heavy atom. The van der Waals surface area contributed by atoms with Gasteiger partial charge in [-0.25, -0.2) is 9.97 Å². The maximum absolute atomic E-state index is 4.53. The number of nitrogens with one attached hydrogen (secondary N) is 1. The van der Waals surface area contributed by atoms with Crippen LogP contribution in [-0.2, 0) is 0 Å². The van der Waals surface area contributed by atoms with Gasteiger partial charge in [0.1, 0.15) is 18.0 Å². The maximum Gasteiger partial charge on any atom is 0.137 e. The summed E-state index contributed by atoms with van der Waals surface area (Å²) in [4.78, 5) is 13.7. The summed E-state index contributed by atoms with van der Waals surface area (Å²) in [5.41, 5.74) is 1.15. The van der Waals surface area contributed by atoms with Crippen molar-refractivity contribution in [1.29, 1.82) is 0 Å². The van der Waals surface area contributed by atoms with Crippen LogP contribution in [0.1, 0.15) is 25.3 Å². The van der Waals surface area contributed by atoms with Gasteiger partial charge in [0.15, 0.2) is 0 Å². The molecule has 2 rings (SSSR count). The zero-order chi connectivity index (χ0) is 13.8. The van der Waals surface area contributed by atoms with Crippen molar-refractivity contribution >= 4 is 11.6 Å². The summed E-state index contributed by atoms with van der Waals surface area (Å²) < 4.78 is 0. The molecule has 0 aromatic carbocycles. The van der Waals surface area contributed by atoms with Gasteiger partial charge in [-0.3, -0.25) is 0 Å². The number of anilines is 2. The first-order valence-corrected chi connectivity index (χ1v) is 7.11. The zero-order valence-corrected chi connectivity index (χ0v) is 12.5. The fourth-order valence-electron chi connectivity index (χ4n) is 2.85. The molecule has 1 unspecified atom stereocenters. The van der Waals surface area contributed by atoms with Gasteiger partial charge in [-0.2, -0.15) is 0 Å². The molecule has 1 fully saturated rings. The molecule has 2 heterocycles. The second-order valence-corrected chi connectivity index (χ2v) is 5.29. The third-order valence-corrected chi connectivity index (χ3v) is 3.94. The normalized spacial score (nSPS) is 21.3. The van der Waals surface area contributed by atoms with E-state index in [-0.39, 0.29) is 0 Å². The second-order valence-electron chi connectivity index (χ2n) is 5.29. The van der Waals surface area contributed by atoms with Crippen LogP contribution in [-0.4, -0.2) is 54.6 Å². The minimum absolute atomic E-state index is 0.533. The molecule has 1 atom stereocenters. The van der Waals surface area contributed by atoms with E-state index in [9.17, 15) is 0 Å². The Morgan fingerprint density at radius 3 is 2.84 bits per heavy atom. The summed E-state index contributed by atoms with van der Waals surface area (Å²) >= 11 is 0. The van der Waals surface area contributed by atoms with E-state index in [0.29, 0.717) is 6.04 Å². The highest BCUT2D eigenvalue weighted by atomic mass is 15.3. The molecular formula is C14H25N5. The molecule has 0 bridgehead atoms. The van der Waals surface area contributed by atoms with Crippen LogP contribution in [0.25, 0.3) is 0 Å². The molecule has 1 aromatic rings.